The van der Waals surface area contributed by atoms with E-state index >= 15 is 0 Å². The molecule has 1 aliphatic heterocycles. The molecule has 4 heterocycles. The van der Waals surface area contributed by atoms with E-state index in [0.717, 1.165) is 53.4 Å². The second kappa shape index (κ2) is 10.8. The summed E-state index contributed by atoms with van der Waals surface area (Å²) in [6.07, 6.45) is 9.13. The monoisotopic (exact) mass is 513 g/mol. The van der Waals surface area contributed by atoms with Gasteiger partial charge < -0.3 is 25.1 Å². The Hall–Kier alpha value is -4.67. The summed E-state index contributed by atoms with van der Waals surface area (Å²) in [4.78, 5) is 42.3. The third kappa shape index (κ3) is 5.22. The van der Waals surface area contributed by atoms with Gasteiger partial charge in [0.05, 0.1) is 28.3 Å². The molecule has 1 aliphatic rings. The summed E-state index contributed by atoms with van der Waals surface area (Å²) in [7, 11) is 0. The van der Waals surface area contributed by atoms with Gasteiger partial charge in [-0.2, -0.15) is 10.1 Å². The molecule has 1 fully saturated rings. The summed E-state index contributed by atoms with van der Waals surface area (Å²) in [6, 6.07) is 7.39. The van der Waals surface area contributed by atoms with Crippen LogP contribution in [0.2, 0.25) is 0 Å². The first-order valence-corrected chi connectivity index (χ1v) is 12.6. The van der Waals surface area contributed by atoms with Gasteiger partial charge in [0, 0.05) is 43.7 Å². The van der Waals surface area contributed by atoms with Gasteiger partial charge in [0.2, 0.25) is 11.9 Å². The molecule has 3 aromatic heterocycles. The van der Waals surface area contributed by atoms with Crippen molar-refractivity contribution in [1.29, 1.82) is 0 Å². The normalized spacial score (nSPS) is 15.5. The largest absolute Gasteiger partial charge is 0.343 e. The van der Waals surface area contributed by atoms with Crippen LogP contribution in [-0.4, -0.2) is 60.6 Å². The number of H-pyrrole nitrogens is 3. The number of hydrogen-bond acceptors (Lipinski definition) is 7. The number of likely N-dealkylation sites (tertiary alicyclic amines) is 1. The number of carbonyl (C=O) groups is 1. The minimum absolute atomic E-state index is 0.119. The summed E-state index contributed by atoms with van der Waals surface area (Å²) in [5.41, 5.74) is 2.80. The number of nitrogens with zero attached hydrogens (tertiary/aromatic N) is 5. The molecule has 196 valence electrons. The summed E-state index contributed by atoms with van der Waals surface area (Å²) >= 11 is 0. The molecule has 0 radical (unpaired) electrons. The predicted molar refractivity (Wildman–Crippen MR) is 148 cm³/mol. The van der Waals surface area contributed by atoms with Crippen LogP contribution in [0.3, 0.4) is 0 Å². The van der Waals surface area contributed by atoms with Crippen LogP contribution in [0, 0.1) is 5.92 Å². The van der Waals surface area contributed by atoms with Crippen LogP contribution in [0.25, 0.3) is 22.8 Å². The first kappa shape index (κ1) is 25.0. The second-order valence-electron chi connectivity index (χ2n) is 9.34. The van der Waals surface area contributed by atoms with Crippen LogP contribution in [0.1, 0.15) is 26.7 Å². The number of nitrogens with one attached hydrogen (secondary N) is 4. The third-order valence-corrected chi connectivity index (χ3v) is 6.91. The van der Waals surface area contributed by atoms with E-state index in [-0.39, 0.29) is 11.6 Å². The first-order valence-electron chi connectivity index (χ1n) is 12.6. The van der Waals surface area contributed by atoms with Crippen molar-refractivity contribution in [3.63, 3.8) is 0 Å². The van der Waals surface area contributed by atoms with Crippen molar-refractivity contribution in [3.8, 4) is 0 Å². The zero-order chi connectivity index (χ0) is 26.6. The number of anilines is 3. The number of hydrogen-bond donors (Lipinski definition) is 4. The molecule has 0 atom stereocenters. The second-order valence-corrected chi connectivity index (χ2v) is 9.34. The van der Waals surface area contributed by atoms with Gasteiger partial charge in [-0.15, -0.1) is 0 Å². The third-order valence-electron chi connectivity index (χ3n) is 6.91. The lowest BCUT2D eigenvalue weighted by atomic mass is 9.95. The molecule has 38 heavy (non-hydrogen) atoms. The molecule has 1 saturated heterocycles. The van der Waals surface area contributed by atoms with E-state index < -0.39 is 0 Å². The van der Waals surface area contributed by atoms with Crippen LogP contribution in [0.15, 0.2) is 54.1 Å². The van der Waals surface area contributed by atoms with Gasteiger partial charge in [-0.25, -0.2) is 9.78 Å². The van der Waals surface area contributed by atoms with Crippen molar-refractivity contribution in [1.82, 2.24) is 35.0 Å². The number of rotatable bonds is 7. The minimum atomic E-state index is -0.254. The summed E-state index contributed by atoms with van der Waals surface area (Å²) in [5, 5.41) is 12.4. The summed E-state index contributed by atoms with van der Waals surface area (Å²) in [5.74, 6) is 1.62. The van der Waals surface area contributed by atoms with Crippen molar-refractivity contribution in [2.75, 3.05) is 29.9 Å². The van der Waals surface area contributed by atoms with Crippen LogP contribution in [0.5, 0.6) is 0 Å². The van der Waals surface area contributed by atoms with Crippen molar-refractivity contribution in [2.24, 2.45) is 5.92 Å². The Labute approximate surface area is 219 Å². The molecule has 0 spiro atoms. The Morgan fingerprint density at radius 2 is 2.03 bits per heavy atom. The van der Waals surface area contributed by atoms with Gasteiger partial charge in [-0.1, -0.05) is 12.7 Å². The quantitative estimate of drug-likeness (QED) is 0.296. The maximum absolute atomic E-state index is 11.8. The molecular formula is C27H31N9O2. The van der Waals surface area contributed by atoms with Gasteiger partial charge in [-0.05, 0) is 56.0 Å². The minimum Gasteiger partial charge on any atom is -0.343 e. The standard InChI is InChI=1S/C27H31N9O2/c1-4-21-20(15-29-34-21)24(5-2)36(16-18-9-12-35(13-10-18)17(3)37)25-8-11-28-26(33-25)30-19-6-7-22-23(14-19)32-27(38)31-22/h4-8,11,14-15,18,34H,2,9-10,12-13,16H2,1,3H3,(H,28,30,33)(H2,31,32,38)/b21-4+,24-20+. The lowest BCUT2D eigenvalue weighted by Gasteiger charge is -2.35. The summed E-state index contributed by atoms with van der Waals surface area (Å²) < 4.78 is 0. The fourth-order valence-corrected chi connectivity index (χ4v) is 4.89. The van der Waals surface area contributed by atoms with E-state index in [1.54, 1.807) is 19.3 Å². The van der Waals surface area contributed by atoms with Crippen LogP contribution in [0.4, 0.5) is 17.5 Å². The first-order chi connectivity index (χ1) is 18.4. The van der Waals surface area contributed by atoms with Crippen LogP contribution < -0.4 is 26.5 Å². The van der Waals surface area contributed by atoms with Gasteiger partial charge in [-0.3, -0.25) is 9.89 Å². The molecule has 4 N–H and O–H groups in total. The molecule has 5 rings (SSSR count). The molecule has 1 aromatic carbocycles. The highest BCUT2D eigenvalue weighted by molar-refractivity contribution is 5.80. The fraction of sp³-hybridized carbons (Fsp3) is 0.296. The molecule has 0 saturated carbocycles. The number of fused-ring (bicyclic) bond motifs is 1. The van der Waals surface area contributed by atoms with E-state index in [4.69, 9.17) is 4.98 Å². The molecule has 11 heteroatoms. The number of benzene rings is 1. The van der Waals surface area contributed by atoms with Crippen molar-refractivity contribution in [2.45, 2.75) is 26.7 Å². The highest BCUT2D eigenvalue weighted by Crippen LogP contribution is 2.26. The number of aromatic amines is 3. The molecule has 0 aliphatic carbocycles. The number of imidazole rings is 1. The van der Waals surface area contributed by atoms with Crippen molar-refractivity contribution in [3.05, 3.63) is 70.4 Å². The lowest BCUT2D eigenvalue weighted by molar-refractivity contribution is -0.130. The van der Waals surface area contributed by atoms with E-state index in [0.29, 0.717) is 29.7 Å². The Morgan fingerprint density at radius 1 is 1.24 bits per heavy atom. The molecule has 4 aromatic rings. The highest BCUT2D eigenvalue weighted by atomic mass is 16.2. The number of aromatic nitrogens is 6. The fourth-order valence-electron chi connectivity index (χ4n) is 4.89. The topological polar surface area (TPSA) is 139 Å². The van der Waals surface area contributed by atoms with Gasteiger partial charge in [0.1, 0.15) is 5.82 Å². The average molecular weight is 514 g/mol. The molecule has 1 amide bonds. The van der Waals surface area contributed by atoms with Gasteiger partial charge >= 0.3 is 5.69 Å². The molecule has 0 bridgehead atoms. The molecular weight excluding hydrogens is 482 g/mol. The average Bonchev–Trinajstić information content (AvgIpc) is 3.54. The van der Waals surface area contributed by atoms with Crippen LogP contribution >= 0.6 is 0 Å². The van der Waals surface area contributed by atoms with E-state index in [1.165, 1.54) is 0 Å². The van der Waals surface area contributed by atoms with Crippen molar-refractivity contribution < 1.29 is 4.79 Å². The smallest absolute Gasteiger partial charge is 0.323 e. The zero-order valence-corrected chi connectivity index (χ0v) is 21.5. The Morgan fingerprint density at radius 3 is 2.76 bits per heavy atom. The summed E-state index contributed by atoms with van der Waals surface area (Å²) in [6.45, 7) is 9.89. The van der Waals surface area contributed by atoms with E-state index in [9.17, 15) is 9.59 Å². The Kier molecular flexibility index (Phi) is 7.07. The van der Waals surface area contributed by atoms with Gasteiger partial charge in [0.25, 0.3) is 0 Å². The van der Waals surface area contributed by atoms with E-state index in [1.807, 2.05) is 48.2 Å². The number of carbonyl (C=O) groups excluding carboxylic acids is 1. The molecule has 11 nitrogen and oxygen atoms in total. The zero-order valence-electron chi connectivity index (χ0n) is 21.5. The number of amides is 1. The Bertz CT molecular complexity index is 1640. The van der Waals surface area contributed by atoms with Crippen LogP contribution in [-0.2, 0) is 4.79 Å². The number of piperidine rings is 1. The maximum atomic E-state index is 11.8. The molecule has 0 unspecified atom stereocenters. The van der Waals surface area contributed by atoms with Gasteiger partial charge in [0.15, 0.2) is 0 Å². The Balaban J connectivity index is 1.49. The lowest BCUT2D eigenvalue weighted by Crippen LogP contribution is -2.42. The highest BCUT2D eigenvalue weighted by Gasteiger charge is 2.25. The predicted octanol–water partition coefficient (Wildman–Crippen LogP) is 1.97. The van der Waals surface area contributed by atoms with Crippen molar-refractivity contribution >= 4 is 46.2 Å². The maximum Gasteiger partial charge on any atom is 0.323 e. The van der Waals surface area contributed by atoms with E-state index in [2.05, 4.69) is 41.9 Å². The SMILES string of the molecule is C=C/C(=c1/cn[nH]/c1=C/C)N(CC1CCN(C(C)=O)CC1)c1ccnc(Nc2ccc3[nH]c(=O)[nH]c3c2)n1.